The number of benzene rings is 2. The van der Waals surface area contributed by atoms with Gasteiger partial charge in [-0.3, -0.25) is 9.71 Å². The Morgan fingerprint density at radius 2 is 1.61 bits per heavy atom. The van der Waals surface area contributed by atoms with Crippen molar-refractivity contribution in [2.24, 2.45) is 0 Å². The molecule has 4 aromatic rings. The molecule has 0 spiro atoms. The van der Waals surface area contributed by atoms with Gasteiger partial charge in [0.05, 0.1) is 16.1 Å². The maximum absolute atomic E-state index is 13.8. The van der Waals surface area contributed by atoms with Crippen LogP contribution >= 0.6 is 11.6 Å². The number of aromatic nitrogens is 3. The Morgan fingerprint density at radius 1 is 0.939 bits per heavy atom. The molecule has 0 fully saturated rings. The molecule has 7 nitrogen and oxygen atoms in total. The topological polar surface area (TPSA) is 94.1 Å². The molecule has 0 amide bonds. The van der Waals surface area contributed by atoms with Crippen molar-refractivity contribution >= 4 is 38.5 Å². The fourth-order valence-electron chi connectivity index (χ4n) is 2.94. The molecular formula is C21H14ClF3N4O3S. The first-order valence-electron chi connectivity index (χ1n) is 9.32. The molecule has 2 aromatic carbocycles. The Hall–Kier alpha value is -3.44. The van der Waals surface area contributed by atoms with Crippen molar-refractivity contribution in [2.45, 2.75) is 17.2 Å². The molecule has 170 valence electrons. The summed E-state index contributed by atoms with van der Waals surface area (Å²) < 4.78 is 74.7. The molecule has 1 N–H and O–H groups in total. The van der Waals surface area contributed by atoms with Crippen LogP contribution in [0.15, 0.2) is 78.0 Å². The summed E-state index contributed by atoms with van der Waals surface area (Å²) in [5.74, 6) is -1.18. The van der Waals surface area contributed by atoms with Crippen LogP contribution in [0.1, 0.15) is 11.7 Å². The normalized spacial score (nSPS) is 13.0. The summed E-state index contributed by atoms with van der Waals surface area (Å²) in [5.41, 5.74) is 0.159. The second-order valence-electron chi connectivity index (χ2n) is 6.73. The summed E-state index contributed by atoms with van der Waals surface area (Å²) in [6, 6.07) is 14.4. The van der Waals surface area contributed by atoms with Gasteiger partial charge < -0.3 is 4.74 Å². The molecule has 1 atom stereocenters. The number of fused-ring (bicyclic) bond motifs is 1. The number of nitrogens with one attached hydrogen (secondary N) is 1. The van der Waals surface area contributed by atoms with Gasteiger partial charge >= 0.3 is 6.18 Å². The Morgan fingerprint density at radius 3 is 2.24 bits per heavy atom. The number of hydrogen-bond donors (Lipinski definition) is 1. The molecule has 12 heteroatoms. The Bertz CT molecular complexity index is 1400. The van der Waals surface area contributed by atoms with Crippen LogP contribution in [-0.2, 0) is 10.0 Å². The van der Waals surface area contributed by atoms with Crippen LogP contribution in [0.5, 0.6) is 5.88 Å². The van der Waals surface area contributed by atoms with E-state index in [0.717, 1.165) is 6.20 Å². The molecule has 4 rings (SSSR count). The molecule has 2 aromatic heterocycles. The molecule has 0 aliphatic heterocycles. The summed E-state index contributed by atoms with van der Waals surface area (Å²) in [6.45, 7) is 0. The lowest BCUT2D eigenvalue weighted by atomic mass is 10.1. The monoisotopic (exact) mass is 494 g/mol. The van der Waals surface area contributed by atoms with Crippen molar-refractivity contribution in [3.63, 3.8) is 0 Å². The number of pyridine rings is 1. The zero-order chi connectivity index (χ0) is 23.6. The van der Waals surface area contributed by atoms with Crippen LogP contribution in [0.3, 0.4) is 0 Å². The van der Waals surface area contributed by atoms with Gasteiger partial charge in [0, 0.05) is 18.0 Å². The predicted octanol–water partition coefficient (Wildman–Crippen LogP) is 5.16. The van der Waals surface area contributed by atoms with Gasteiger partial charge in [0.25, 0.3) is 15.9 Å². The third-order valence-corrected chi connectivity index (χ3v) is 6.25. The Kier molecular flexibility index (Phi) is 6.09. The smallest absolute Gasteiger partial charge is 0.429 e. The van der Waals surface area contributed by atoms with Crippen LogP contribution in [0.2, 0.25) is 5.02 Å². The van der Waals surface area contributed by atoms with Crippen LogP contribution in [-0.4, -0.2) is 29.5 Å². The first-order valence-corrected chi connectivity index (χ1v) is 11.2. The van der Waals surface area contributed by atoms with Gasteiger partial charge in [-0.25, -0.2) is 18.4 Å². The fourth-order valence-corrected chi connectivity index (χ4v) is 4.46. The number of anilines is 1. The van der Waals surface area contributed by atoms with E-state index in [-0.39, 0.29) is 26.5 Å². The minimum atomic E-state index is -4.85. The van der Waals surface area contributed by atoms with Crippen molar-refractivity contribution in [1.82, 2.24) is 15.0 Å². The average molecular weight is 495 g/mol. The quantitative estimate of drug-likeness (QED) is 0.398. The summed E-state index contributed by atoms with van der Waals surface area (Å²) in [4.78, 5) is 11.6. The van der Waals surface area contributed by atoms with E-state index < -0.39 is 34.0 Å². The van der Waals surface area contributed by atoms with Crippen LogP contribution in [0.4, 0.5) is 19.0 Å². The number of ether oxygens (including phenoxy) is 1. The van der Waals surface area contributed by atoms with Crippen LogP contribution in [0, 0.1) is 0 Å². The Balaban J connectivity index is 1.82. The first-order chi connectivity index (χ1) is 15.6. The van der Waals surface area contributed by atoms with E-state index in [9.17, 15) is 21.6 Å². The molecule has 1 unspecified atom stereocenters. The van der Waals surface area contributed by atoms with E-state index in [1.54, 1.807) is 12.1 Å². The molecule has 33 heavy (non-hydrogen) atoms. The van der Waals surface area contributed by atoms with Gasteiger partial charge in [0.1, 0.15) is 4.90 Å². The number of rotatable bonds is 6. The van der Waals surface area contributed by atoms with Crippen molar-refractivity contribution in [2.75, 3.05) is 4.72 Å². The lowest BCUT2D eigenvalue weighted by Gasteiger charge is -2.22. The maximum Gasteiger partial charge on any atom is 0.429 e. The minimum absolute atomic E-state index is 0.0789. The predicted molar refractivity (Wildman–Crippen MR) is 115 cm³/mol. The van der Waals surface area contributed by atoms with Crippen LogP contribution < -0.4 is 9.46 Å². The zero-order valence-corrected chi connectivity index (χ0v) is 18.1. The highest BCUT2D eigenvalue weighted by Gasteiger charge is 2.44. The average Bonchev–Trinajstić information content (AvgIpc) is 2.77. The third kappa shape index (κ3) is 4.99. The summed E-state index contributed by atoms with van der Waals surface area (Å²) in [7, 11) is -4.33. The largest absolute Gasteiger partial charge is 0.457 e. The van der Waals surface area contributed by atoms with E-state index >= 15 is 0 Å². The van der Waals surface area contributed by atoms with E-state index in [4.69, 9.17) is 16.3 Å². The van der Waals surface area contributed by atoms with Crippen LogP contribution in [0.25, 0.3) is 11.0 Å². The summed E-state index contributed by atoms with van der Waals surface area (Å²) in [5, 5.41) is -0.0789. The first kappa shape index (κ1) is 22.7. The fraction of sp³-hybridized carbons (Fsp3) is 0.0952. The number of sulfonamides is 1. The van der Waals surface area contributed by atoms with Gasteiger partial charge in [0.15, 0.2) is 0 Å². The molecule has 0 saturated carbocycles. The molecule has 0 radical (unpaired) electrons. The number of hydrogen-bond acceptors (Lipinski definition) is 6. The number of para-hydroxylation sites is 2. The highest BCUT2D eigenvalue weighted by atomic mass is 35.5. The lowest BCUT2D eigenvalue weighted by molar-refractivity contribution is -0.198. The SMILES string of the molecule is O=S(=O)(Nc1nc2ccccc2nc1OC(c1cccnc1)C(F)(F)F)c1ccccc1Cl. The highest BCUT2D eigenvalue weighted by Crippen LogP contribution is 2.38. The van der Waals surface area contributed by atoms with E-state index in [1.807, 2.05) is 0 Å². The van der Waals surface area contributed by atoms with Gasteiger partial charge in [-0.15, -0.1) is 0 Å². The summed E-state index contributed by atoms with van der Waals surface area (Å²) in [6.07, 6.45) is -5.00. The number of nitrogens with zero attached hydrogens (tertiary/aromatic N) is 3. The van der Waals surface area contributed by atoms with E-state index in [0.29, 0.717) is 0 Å². The van der Waals surface area contributed by atoms with E-state index in [1.165, 1.54) is 54.7 Å². The maximum atomic E-state index is 13.8. The molecule has 0 saturated heterocycles. The zero-order valence-electron chi connectivity index (χ0n) is 16.5. The second kappa shape index (κ2) is 8.83. The van der Waals surface area contributed by atoms with Crippen molar-refractivity contribution in [3.05, 3.63) is 83.6 Å². The standard InChI is InChI=1S/C21H14ClF3N4O3S/c22-14-7-1-4-10-17(14)33(30,31)29-19-20(28-16-9-3-2-8-15(16)27-19)32-18(21(23,24)25)13-6-5-11-26-12-13/h1-12,18H,(H,27,29). The van der Waals surface area contributed by atoms with E-state index in [2.05, 4.69) is 19.7 Å². The minimum Gasteiger partial charge on any atom is -0.457 e. The second-order valence-corrected chi connectivity index (χ2v) is 8.79. The molecule has 0 aliphatic carbocycles. The lowest BCUT2D eigenvalue weighted by Crippen LogP contribution is -2.27. The van der Waals surface area contributed by atoms with Crippen molar-refractivity contribution < 1.29 is 26.3 Å². The molecular weight excluding hydrogens is 481 g/mol. The Labute approximate surface area is 191 Å². The highest BCUT2D eigenvalue weighted by molar-refractivity contribution is 7.92. The third-order valence-electron chi connectivity index (χ3n) is 4.41. The number of alkyl halides is 3. The molecule has 0 bridgehead atoms. The number of halogens is 4. The van der Waals surface area contributed by atoms with Gasteiger partial charge in [-0.2, -0.15) is 13.2 Å². The van der Waals surface area contributed by atoms with Gasteiger partial charge in [-0.1, -0.05) is 41.9 Å². The van der Waals surface area contributed by atoms with Crippen molar-refractivity contribution in [1.29, 1.82) is 0 Å². The van der Waals surface area contributed by atoms with Crippen molar-refractivity contribution in [3.8, 4) is 5.88 Å². The van der Waals surface area contributed by atoms with Gasteiger partial charge in [-0.05, 0) is 30.3 Å². The molecule has 2 heterocycles. The summed E-state index contributed by atoms with van der Waals surface area (Å²) >= 11 is 5.99. The molecule has 0 aliphatic rings. The van der Waals surface area contributed by atoms with Gasteiger partial charge in [0.2, 0.25) is 11.9 Å².